The molecule has 1 saturated heterocycles. The van der Waals surface area contributed by atoms with Crippen molar-refractivity contribution < 1.29 is 19.2 Å². The van der Waals surface area contributed by atoms with Crippen molar-refractivity contribution in [3.8, 4) is 11.3 Å². The Bertz CT molecular complexity index is 1210. The number of rotatable bonds is 7. The monoisotopic (exact) mass is 519 g/mol. The molecule has 0 spiro atoms. The fourth-order valence-corrected chi connectivity index (χ4v) is 6.69. The molecule has 3 fully saturated rings. The van der Waals surface area contributed by atoms with Gasteiger partial charge in [0.1, 0.15) is 11.5 Å². The minimum atomic E-state index is -0.980. The van der Waals surface area contributed by atoms with Crippen molar-refractivity contribution in [1.82, 2.24) is 10.1 Å². The molecule has 10 heteroatoms. The maximum atomic E-state index is 11.1. The first-order valence-electron chi connectivity index (χ1n) is 11.5. The number of halogens is 2. The lowest BCUT2D eigenvalue weighted by Crippen LogP contribution is -2.23. The molecule has 2 saturated carbocycles. The highest BCUT2D eigenvalue weighted by Crippen LogP contribution is 2.47. The highest BCUT2D eigenvalue weighted by atomic mass is 35.5. The number of aromatic nitrogens is 2. The van der Waals surface area contributed by atoms with Crippen molar-refractivity contribution in [2.24, 2.45) is 11.8 Å². The van der Waals surface area contributed by atoms with Gasteiger partial charge in [-0.2, -0.15) is 0 Å². The van der Waals surface area contributed by atoms with Crippen LogP contribution in [0.2, 0.25) is 10.0 Å². The number of benzene rings is 1. The Morgan fingerprint density at radius 2 is 1.91 bits per heavy atom. The third-order valence-electron chi connectivity index (χ3n) is 7.12. The molecule has 2 aromatic heterocycles. The summed E-state index contributed by atoms with van der Waals surface area (Å²) < 4.78 is 12.2. The van der Waals surface area contributed by atoms with E-state index in [0.717, 1.165) is 55.2 Å². The zero-order chi connectivity index (χ0) is 23.4. The fraction of sp³-hybridized carbons (Fsp3) is 0.458. The lowest BCUT2D eigenvalue weighted by molar-refractivity contribution is 0.0403. The van der Waals surface area contributed by atoms with Crippen LogP contribution in [0.15, 0.2) is 28.1 Å². The van der Waals surface area contributed by atoms with Crippen LogP contribution < -0.4 is 4.90 Å². The van der Waals surface area contributed by atoms with E-state index in [0.29, 0.717) is 45.7 Å². The van der Waals surface area contributed by atoms with Crippen molar-refractivity contribution >= 4 is 45.6 Å². The molecule has 3 aliphatic rings. The number of carbonyl (C=O) groups is 1. The second-order valence-electron chi connectivity index (χ2n) is 9.39. The van der Waals surface area contributed by atoms with E-state index in [1.165, 1.54) is 11.3 Å². The Labute approximate surface area is 210 Å². The SMILES string of the molecule is O=C(O)c1csc(N2C[C@H]3C[C@H](OCc4c(-c5c(Cl)cccc5Cl)noc4C4CC4)C[C@H]3C2)n1. The highest BCUT2D eigenvalue weighted by molar-refractivity contribution is 7.13. The van der Waals surface area contributed by atoms with Gasteiger partial charge < -0.3 is 19.3 Å². The summed E-state index contributed by atoms with van der Waals surface area (Å²) in [6.45, 7) is 2.20. The molecule has 3 atom stereocenters. The van der Waals surface area contributed by atoms with Gasteiger partial charge in [0.05, 0.1) is 22.8 Å². The zero-order valence-electron chi connectivity index (χ0n) is 18.2. The van der Waals surface area contributed by atoms with Crippen LogP contribution in [-0.4, -0.2) is 40.4 Å². The number of hydrogen-bond acceptors (Lipinski definition) is 7. The number of anilines is 1. The van der Waals surface area contributed by atoms with E-state index in [1.807, 2.05) is 18.2 Å². The van der Waals surface area contributed by atoms with Crippen molar-refractivity contribution in [2.75, 3.05) is 18.0 Å². The van der Waals surface area contributed by atoms with Gasteiger partial charge in [-0.3, -0.25) is 0 Å². The number of thiazole rings is 1. The van der Waals surface area contributed by atoms with Gasteiger partial charge in [0, 0.05) is 35.5 Å². The van der Waals surface area contributed by atoms with Gasteiger partial charge in [0.15, 0.2) is 10.8 Å². The Morgan fingerprint density at radius 3 is 2.53 bits per heavy atom. The molecule has 1 aromatic carbocycles. The highest BCUT2D eigenvalue weighted by Gasteiger charge is 2.42. The van der Waals surface area contributed by atoms with E-state index in [4.69, 9.17) is 37.6 Å². The van der Waals surface area contributed by atoms with Crippen LogP contribution in [-0.2, 0) is 11.3 Å². The average Bonchev–Trinajstić information content (AvgIpc) is 3.15. The van der Waals surface area contributed by atoms with Crippen molar-refractivity contribution in [3.05, 3.63) is 50.6 Å². The first kappa shape index (κ1) is 22.3. The van der Waals surface area contributed by atoms with Crippen LogP contribution in [0, 0.1) is 11.8 Å². The molecule has 0 unspecified atom stereocenters. The molecular formula is C24H23Cl2N3O4S. The summed E-state index contributed by atoms with van der Waals surface area (Å²) in [4.78, 5) is 17.6. The molecule has 0 amide bonds. The second-order valence-corrected chi connectivity index (χ2v) is 11.0. The summed E-state index contributed by atoms with van der Waals surface area (Å²) in [6.07, 6.45) is 4.32. The average molecular weight is 520 g/mol. The van der Waals surface area contributed by atoms with Gasteiger partial charge >= 0.3 is 5.97 Å². The molecule has 7 nitrogen and oxygen atoms in total. The molecule has 0 bridgehead atoms. The third-order valence-corrected chi connectivity index (χ3v) is 8.65. The number of carboxylic acid groups (broad SMARTS) is 1. The molecule has 1 N–H and O–H groups in total. The number of nitrogens with zero attached hydrogens (tertiary/aromatic N) is 3. The minimum Gasteiger partial charge on any atom is -0.476 e. The Balaban J connectivity index is 1.14. The summed E-state index contributed by atoms with van der Waals surface area (Å²) >= 11 is 14.3. The first-order chi connectivity index (χ1) is 16.5. The normalized spacial score (nSPS) is 24.1. The number of aromatic carboxylic acids is 1. The molecule has 6 rings (SSSR count). The number of hydrogen-bond donors (Lipinski definition) is 1. The molecule has 3 heterocycles. The predicted octanol–water partition coefficient (Wildman–Crippen LogP) is 6.11. The Hall–Kier alpha value is -2.13. The van der Waals surface area contributed by atoms with E-state index in [2.05, 4.69) is 15.0 Å². The zero-order valence-corrected chi connectivity index (χ0v) is 20.6. The van der Waals surface area contributed by atoms with Crippen molar-refractivity contribution in [2.45, 2.75) is 44.3 Å². The van der Waals surface area contributed by atoms with Gasteiger partial charge in [-0.05, 0) is 49.7 Å². The topological polar surface area (TPSA) is 88.7 Å². The van der Waals surface area contributed by atoms with Crippen LogP contribution in [0.5, 0.6) is 0 Å². The minimum absolute atomic E-state index is 0.118. The van der Waals surface area contributed by atoms with Gasteiger partial charge in [-0.15, -0.1) is 11.3 Å². The fourth-order valence-electron chi connectivity index (χ4n) is 5.29. The van der Waals surface area contributed by atoms with Gasteiger partial charge in [0.2, 0.25) is 0 Å². The predicted molar refractivity (Wildman–Crippen MR) is 130 cm³/mol. The molecular weight excluding hydrogens is 497 g/mol. The number of ether oxygens (including phenoxy) is 1. The smallest absolute Gasteiger partial charge is 0.355 e. The van der Waals surface area contributed by atoms with Gasteiger partial charge in [0.25, 0.3) is 0 Å². The molecule has 2 aliphatic carbocycles. The molecule has 178 valence electrons. The number of carboxylic acids is 1. The largest absolute Gasteiger partial charge is 0.476 e. The maximum Gasteiger partial charge on any atom is 0.355 e. The van der Waals surface area contributed by atoms with E-state index < -0.39 is 5.97 Å². The van der Waals surface area contributed by atoms with E-state index >= 15 is 0 Å². The van der Waals surface area contributed by atoms with E-state index in [9.17, 15) is 4.79 Å². The summed E-state index contributed by atoms with van der Waals surface area (Å²) in [7, 11) is 0. The van der Waals surface area contributed by atoms with Gasteiger partial charge in [-0.25, -0.2) is 9.78 Å². The van der Waals surface area contributed by atoms with Crippen LogP contribution in [0.3, 0.4) is 0 Å². The van der Waals surface area contributed by atoms with Crippen LogP contribution in [0.1, 0.15) is 53.4 Å². The van der Waals surface area contributed by atoms with E-state index in [1.54, 1.807) is 5.38 Å². The molecule has 1 aliphatic heterocycles. The van der Waals surface area contributed by atoms with Crippen molar-refractivity contribution in [1.29, 1.82) is 0 Å². The molecule has 3 aromatic rings. The van der Waals surface area contributed by atoms with Crippen molar-refractivity contribution in [3.63, 3.8) is 0 Å². The summed E-state index contributed by atoms with van der Waals surface area (Å²) in [6, 6.07) is 5.44. The number of fused-ring (bicyclic) bond motifs is 1. The van der Waals surface area contributed by atoms with Crippen LogP contribution in [0.4, 0.5) is 5.13 Å². The van der Waals surface area contributed by atoms with Crippen LogP contribution >= 0.6 is 34.5 Å². The van der Waals surface area contributed by atoms with E-state index in [-0.39, 0.29) is 11.8 Å². The summed E-state index contributed by atoms with van der Waals surface area (Å²) in [5.41, 5.74) is 2.45. The first-order valence-corrected chi connectivity index (χ1v) is 13.1. The van der Waals surface area contributed by atoms with Gasteiger partial charge in [-0.1, -0.05) is 34.4 Å². The van der Waals surface area contributed by atoms with Crippen LogP contribution in [0.25, 0.3) is 11.3 Å². The quantitative estimate of drug-likeness (QED) is 0.402. The second kappa shape index (κ2) is 8.82. The maximum absolute atomic E-state index is 11.1. The Kier molecular flexibility index (Phi) is 5.80. The third kappa shape index (κ3) is 4.11. The summed E-state index contributed by atoms with van der Waals surface area (Å²) in [5, 5.41) is 17.0. The lowest BCUT2D eigenvalue weighted by atomic mass is 10.0. The standard InChI is InChI=1S/C24H23Cl2N3O4S/c25-17-2-1-3-18(26)20(17)21-16(22(33-28-21)12-4-5-12)10-32-15-6-13-8-29(9-14(13)7-15)24-27-19(11-34-24)23(30)31/h1-3,11-15H,4-10H2,(H,30,31)/t13-,14+,15+. The summed E-state index contributed by atoms with van der Waals surface area (Å²) in [5.74, 6) is 1.35. The molecule has 34 heavy (non-hydrogen) atoms. The lowest BCUT2D eigenvalue weighted by Gasteiger charge is -2.19. The Morgan fingerprint density at radius 1 is 1.21 bits per heavy atom. The molecule has 0 radical (unpaired) electrons.